The van der Waals surface area contributed by atoms with Gasteiger partial charge < -0.3 is 24.8 Å². The Balaban J connectivity index is 1.35. The Morgan fingerprint density at radius 2 is 1.89 bits per heavy atom. The molecular formula is C26H25Cl2FN4O4. The highest BCUT2D eigenvalue weighted by molar-refractivity contribution is 6.35. The SMILES string of the molecule is CC1c2c(Cl)cc(Cl)cc2CCN1C(=O)CNc1cc2cc(C(=O)N3CCOCC3)[nH]c(=O)c2cc1F. The van der Waals surface area contributed by atoms with E-state index in [4.69, 9.17) is 27.9 Å². The molecule has 0 radical (unpaired) electrons. The van der Waals surface area contributed by atoms with Gasteiger partial charge in [0, 0.05) is 29.7 Å². The van der Waals surface area contributed by atoms with Crippen LogP contribution in [0.4, 0.5) is 10.1 Å². The molecule has 0 bridgehead atoms. The van der Waals surface area contributed by atoms with Crippen LogP contribution in [0, 0.1) is 5.82 Å². The van der Waals surface area contributed by atoms with Crippen molar-refractivity contribution in [3.05, 3.63) is 73.4 Å². The molecule has 0 aliphatic carbocycles. The van der Waals surface area contributed by atoms with Crippen molar-refractivity contribution in [3.63, 3.8) is 0 Å². The summed E-state index contributed by atoms with van der Waals surface area (Å²) in [6.07, 6.45) is 0.610. The zero-order chi connectivity index (χ0) is 26.3. The van der Waals surface area contributed by atoms with Crippen molar-refractivity contribution in [3.8, 4) is 0 Å². The number of carbonyl (C=O) groups excluding carboxylic acids is 2. The summed E-state index contributed by atoms with van der Waals surface area (Å²) in [5.41, 5.74) is 1.49. The number of H-pyrrole nitrogens is 1. The quantitative estimate of drug-likeness (QED) is 0.515. The lowest BCUT2D eigenvalue weighted by atomic mass is 9.93. The summed E-state index contributed by atoms with van der Waals surface area (Å²) in [7, 11) is 0. The number of nitrogens with zero attached hydrogens (tertiary/aromatic N) is 2. The first-order chi connectivity index (χ1) is 17.7. The molecule has 2 aliphatic heterocycles. The third-order valence-corrected chi connectivity index (χ3v) is 7.43. The highest BCUT2D eigenvalue weighted by Crippen LogP contribution is 2.37. The summed E-state index contributed by atoms with van der Waals surface area (Å²) in [6.45, 7) is 3.93. The van der Waals surface area contributed by atoms with Crippen LogP contribution >= 0.6 is 23.2 Å². The zero-order valence-electron chi connectivity index (χ0n) is 20.1. The first kappa shape index (κ1) is 25.5. The first-order valence-electron chi connectivity index (χ1n) is 12.0. The molecule has 11 heteroatoms. The van der Waals surface area contributed by atoms with E-state index in [1.54, 1.807) is 15.9 Å². The summed E-state index contributed by atoms with van der Waals surface area (Å²) >= 11 is 12.5. The van der Waals surface area contributed by atoms with Crippen LogP contribution in [-0.2, 0) is 16.0 Å². The summed E-state index contributed by atoms with van der Waals surface area (Å²) in [4.78, 5) is 44.3. The molecule has 2 amide bonds. The average molecular weight is 547 g/mol. The monoisotopic (exact) mass is 546 g/mol. The molecule has 1 unspecified atom stereocenters. The Kier molecular flexibility index (Phi) is 7.11. The van der Waals surface area contributed by atoms with Gasteiger partial charge in [0.05, 0.1) is 36.9 Å². The fraction of sp³-hybridized carbons (Fsp3) is 0.346. The van der Waals surface area contributed by atoms with Crippen molar-refractivity contribution >= 4 is 51.5 Å². The second-order valence-electron chi connectivity index (χ2n) is 9.16. The second-order valence-corrected chi connectivity index (χ2v) is 10.0. The molecule has 3 heterocycles. The molecule has 0 spiro atoms. The molecule has 1 fully saturated rings. The number of fused-ring (bicyclic) bond motifs is 2. The molecule has 1 atom stereocenters. The van der Waals surface area contributed by atoms with Crippen molar-refractivity contribution in [1.29, 1.82) is 0 Å². The number of ether oxygens (including phenoxy) is 1. The van der Waals surface area contributed by atoms with E-state index in [-0.39, 0.29) is 41.2 Å². The Bertz CT molecular complexity index is 1450. The number of amides is 2. The summed E-state index contributed by atoms with van der Waals surface area (Å²) in [5, 5.41) is 4.42. The molecule has 8 nitrogen and oxygen atoms in total. The summed E-state index contributed by atoms with van der Waals surface area (Å²) in [6, 6.07) is 7.33. The van der Waals surface area contributed by atoms with Gasteiger partial charge in [-0.1, -0.05) is 23.2 Å². The topological polar surface area (TPSA) is 94.7 Å². The lowest BCUT2D eigenvalue weighted by molar-refractivity contribution is -0.131. The Morgan fingerprint density at radius 3 is 2.65 bits per heavy atom. The van der Waals surface area contributed by atoms with Crippen molar-refractivity contribution < 1.29 is 18.7 Å². The lowest BCUT2D eigenvalue weighted by Crippen LogP contribution is -2.42. The van der Waals surface area contributed by atoms with Gasteiger partial charge in [0.15, 0.2) is 0 Å². The highest BCUT2D eigenvalue weighted by atomic mass is 35.5. The minimum atomic E-state index is -0.673. The van der Waals surface area contributed by atoms with Crippen LogP contribution in [0.25, 0.3) is 10.8 Å². The van der Waals surface area contributed by atoms with E-state index >= 15 is 0 Å². The third-order valence-electron chi connectivity index (χ3n) is 6.90. The fourth-order valence-corrected chi connectivity index (χ4v) is 5.68. The van der Waals surface area contributed by atoms with Crippen LogP contribution in [0.15, 0.2) is 35.1 Å². The lowest BCUT2D eigenvalue weighted by Gasteiger charge is -2.36. The summed E-state index contributed by atoms with van der Waals surface area (Å²) in [5.74, 6) is -1.22. The minimum absolute atomic E-state index is 0.0612. The van der Waals surface area contributed by atoms with Gasteiger partial charge in [-0.15, -0.1) is 0 Å². The number of aromatic amines is 1. The van der Waals surface area contributed by atoms with Gasteiger partial charge in [-0.3, -0.25) is 14.4 Å². The number of carbonyl (C=O) groups is 2. The first-order valence-corrected chi connectivity index (χ1v) is 12.7. The number of halogens is 3. The van der Waals surface area contributed by atoms with Gasteiger partial charge in [0.2, 0.25) is 5.91 Å². The molecule has 5 rings (SSSR count). The van der Waals surface area contributed by atoms with Crippen molar-refractivity contribution in [2.75, 3.05) is 44.7 Å². The van der Waals surface area contributed by atoms with E-state index in [1.165, 1.54) is 12.1 Å². The van der Waals surface area contributed by atoms with Gasteiger partial charge in [-0.05, 0) is 60.2 Å². The predicted molar refractivity (Wildman–Crippen MR) is 140 cm³/mol. The molecule has 37 heavy (non-hydrogen) atoms. The zero-order valence-corrected chi connectivity index (χ0v) is 21.6. The van der Waals surface area contributed by atoms with E-state index in [2.05, 4.69) is 10.3 Å². The molecule has 1 saturated heterocycles. The molecule has 2 N–H and O–H groups in total. The maximum atomic E-state index is 14.8. The Labute approximate surface area is 222 Å². The van der Waals surface area contributed by atoms with E-state index in [1.807, 2.05) is 13.0 Å². The number of morpholine rings is 1. The Morgan fingerprint density at radius 1 is 1.14 bits per heavy atom. The fourth-order valence-electron chi connectivity index (χ4n) is 4.99. The van der Waals surface area contributed by atoms with Crippen LogP contribution in [0.3, 0.4) is 0 Å². The van der Waals surface area contributed by atoms with Crippen LogP contribution < -0.4 is 10.9 Å². The van der Waals surface area contributed by atoms with E-state index in [9.17, 15) is 18.8 Å². The number of rotatable bonds is 4. The van der Waals surface area contributed by atoms with Crippen LogP contribution in [-0.4, -0.2) is 66.0 Å². The number of nitrogens with one attached hydrogen (secondary N) is 2. The standard InChI is InChI=1S/C26H25Cl2FN4O4/c1-14-24-15(8-17(27)11-19(24)28)2-3-33(14)23(34)13-30-21-9-16-10-22(26(36)32-4-6-37-7-5-32)31-25(35)18(16)12-20(21)29/h8-12,14,30H,2-7,13H2,1H3,(H,31,35). The second kappa shape index (κ2) is 10.3. The van der Waals surface area contributed by atoms with Crippen LogP contribution in [0.1, 0.15) is 34.6 Å². The minimum Gasteiger partial charge on any atom is -0.378 e. The van der Waals surface area contributed by atoms with E-state index in [0.717, 1.165) is 17.2 Å². The van der Waals surface area contributed by atoms with Gasteiger partial charge in [0.1, 0.15) is 11.5 Å². The summed E-state index contributed by atoms with van der Waals surface area (Å²) < 4.78 is 20.1. The molecule has 2 aliphatic rings. The molecule has 2 aromatic carbocycles. The molecule has 3 aromatic rings. The van der Waals surface area contributed by atoms with E-state index < -0.39 is 11.4 Å². The van der Waals surface area contributed by atoms with Crippen molar-refractivity contribution in [2.24, 2.45) is 0 Å². The number of hydrogen-bond acceptors (Lipinski definition) is 5. The molecule has 1 aromatic heterocycles. The van der Waals surface area contributed by atoms with Crippen molar-refractivity contribution in [1.82, 2.24) is 14.8 Å². The van der Waals surface area contributed by atoms with Gasteiger partial charge >= 0.3 is 0 Å². The number of anilines is 1. The Hall–Kier alpha value is -3.14. The van der Waals surface area contributed by atoms with E-state index in [0.29, 0.717) is 54.7 Å². The molecule has 194 valence electrons. The van der Waals surface area contributed by atoms with Gasteiger partial charge in [0.25, 0.3) is 11.5 Å². The third kappa shape index (κ3) is 5.03. The predicted octanol–water partition coefficient (Wildman–Crippen LogP) is 4.00. The molecular weight excluding hydrogens is 522 g/mol. The highest BCUT2D eigenvalue weighted by Gasteiger charge is 2.29. The largest absolute Gasteiger partial charge is 0.378 e. The maximum Gasteiger partial charge on any atom is 0.270 e. The maximum absolute atomic E-state index is 14.8. The normalized spacial score (nSPS) is 17.6. The van der Waals surface area contributed by atoms with Gasteiger partial charge in [-0.2, -0.15) is 0 Å². The number of aromatic nitrogens is 1. The average Bonchev–Trinajstić information content (AvgIpc) is 2.87. The number of benzene rings is 2. The number of pyridine rings is 1. The van der Waals surface area contributed by atoms with Crippen molar-refractivity contribution in [2.45, 2.75) is 19.4 Å². The smallest absolute Gasteiger partial charge is 0.270 e. The van der Waals surface area contributed by atoms with Gasteiger partial charge in [-0.25, -0.2) is 4.39 Å². The van der Waals surface area contributed by atoms with Crippen LogP contribution in [0.2, 0.25) is 10.0 Å². The number of hydrogen-bond donors (Lipinski definition) is 2. The molecule has 0 saturated carbocycles. The van der Waals surface area contributed by atoms with Crippen LogP contribution in [0.5, 0.6) is 0 Å².